The maximum absolute atomic E-state index is 14.5. The highest BCUT2D eigenvalue weighted by atomic mass is 32.2. The number of likely N-dealkylation sites (N-methyl/N-ethyl adjacent to an activating group) is 2. The summed E-state index contributed by atoms with van der Waals surface area (Å²) in [6.45, 7) is 15.2. The highest BCUT2D eigenvalue weighted by molar-refractivity contribution is 7.90. The standard InChI is InChI=1S/C50H82N6O11S/c1-13-32(6)45(54(10)49(61)38(30(2)3)28-41(57)44(31(4)5)53(8)9)42(66-11)29-43(58)56-24-14-15-40(56)46(67-12)33(7)47(59)51-39(48(60)52-68(64,65)37-20-21-37)27-34-16-18-36(19-17-34)55-25-22-35(23-26-55)50(62)63/h16-19,30-33,35,37-40,42,44-46H,13-15,20-29H2,1-12H3,(H,51,59)(H,52,60)(H,62,63)/t32-,33+,38-,39-,40-,42+,44-,45-,46+/m0/s1. The molecule has 2 heterocycles. The van der Waals surface area contributed by atoms with Gasteiger partial charge in [0.15, 0.2) is 5.78 Å². The number of piperidine rings is 1. The largest absolute Gasteiger partial charge is 0.481 e. The third-order valence-corrected chi connectivity index (χ3v) is 16.6. The van der Waals surface area contributed by atoms with Gasteiger partial charge in [-0.3, -0.25) is 38.4 Å². The molecule has 18 heteroatoms. The molecule has 1 saturated carbocycles. The van der Waals surface area contributed by atoms with Gasteiger partial charge in [0.05, 0.1) is 53.8 Å². The molecule has 3 fully saturated rings. The third-order valence-electron chi connectivity index (χ3n) is 14.7. The summed E-state index contributed by atoms with van der Waals surface area (Å²) in [6.07, 6.45) is 2.42. The van der Waals surface area contributed by atoms with Gasteiger partial charge in [-0.1, -0.05) is 67.0 Å². The molecule has 9 atom stereocenters. The Hall–Kier alpha value is -4.13. The van der Waals surface area contributed by atoms with E-state index in [9.17, 15) is 42.3 Å². The minimum Gasteiger partial charge on any atom is -0.481 e. The molecule has 384 valence electrons. The van der Waals surface area contributed by atoms with Gasteiger partial charge in [0.25, 0.3) is 5.91 Å². The monoisotopic (exact) mass is 975 g/mol. The molecule has 2 aliphatic heterocycles. The van der Waals surface area contributed by atoms with Crippen molar-refractivity contribution in [1.82, 2.24) is 24.7 Å². The van der Waals surface area contributed by atoms with Crippen molar-refractivity contribution in [3.8, 4) is 0 Å². The fourth-order valence-corrected chi connectivity index (χ4v) is 11.8. The summed E-state index contributed by atoms with van der Waals surface area (Å²) in [5.74, 6) is -4.50. The number of ether oxygens (including phenoxy) is 2. The van der Waals surface area contributed by atoms with Crippen molar-refractivity contribution in [3.05, 3.63) is 29.8 Å². The molecule has 0 bridgehead atoms. The van der Waals surface area contributed by atoms with Gasteiger partial charge in [0.2, 0.25) is 27.7 Å². The number of carboxylic acid groups (broad SMARTS) is 1. The highest BCUT2D eigenvalue weighted by Gasteiger charge is 2.44. The lowest BCUT2D eigenvalue weighted by molar-refractivity contribution is -0.149. The minimum atomic E-state index is -3.94. The SMILES string of the molecule is CC[C@H](C)[C@@H]([C@@H](CC(=O)N1CCC[C@H]1[C@H](OC)[C@@H](C)C(=O)N[C@@H](Cc1ccc(N2CCC(C(=O)O)CC2)cc1)C(=O)NS(=O)(=O)C1CC1)OC)N(C)C(=O)[C@@H](CC(=O)[C@H](C(C)C)N(C)C)C(C)C. The van der Waals surface area contributed by atoms with Crippen LogP contribution >= 0.6 is 0 Å². The second kappa shape index (κ2) is 25.1. The Kier molecular flexibility index (Phi) is 20.9. The quantitative estimate of drug-likeness (QED) is 0.118. The predicted molar refractivity (Wildman–Crippen MR) is 261 cm³/mol. The molecule has 0 aromatic heterocycles. The molecule has 1 aliphatic carbocycles. The molecular weight excluding hydrogens is 893 g/mol. The Balaban J connectivity index is 1.50. The Morgan fingerprint density at radius 1 is 0.824 bits per heavy atom. The Labute approximate surface area is 405 Å². The van der Waals surface area contributed by atoms with Crippen LogP contribution in [0.15, 0.2) is 24.3 Å². The zero-order valence-corrected chi connectivity index (χ0v) is 43.6. The van der Waals surface area contributed by atoms with E-state index in [2.05, 4.69) is 14.9 Å². The summed E-state index contributed by atoms with van der Waals surface area (Å²) in [6, 6.07) is 4.79. The fourth-order valence-electron chi connectivity index (χ4n) is 10.4. The summed E-state index contributed by atoms with van der Waals surface area (Å²) >= 11 is 0. The number of nitrogens with zero attached hydrogens (tertiary/aromatic N) is 4. The van der Waals surface area contributed by atoms with E-state index in [1.807, 2.05) is 84.8 Å². The topological polar surface area (TPSA) is 212 Å². The predicted octanol–water partition coefficient (Wildman–Crippen LogP) is 4.36. The average molecular weight is 975 g/mol. The van der Waals surface area contributed by atoms with Gasteiger partial charge < -0.3 is 34.6 Å². The molecular formula is C50H82N6O11S. The number of aliphatic carboxylic acids is 1. The van der Waals surface area contributed by atoms with Gasteiger partial charge in [-0.25, -0.2) is 8.42 Å². The van der Waals surface area contributed by atoms with Crippen molar-refractivity contribution in [3.63, 3.8) is 0 Å². The number of carbonyl (C=O) groups excluding carboxylic acids is 5. The second-order valence-electron chi connectivity index (χ2n) is 20.5. The maximum Gasteiger partial charge on any atom is 0.306 e. The molecule has 4 rings (SSSR count). The van der Waals surface area contributed by atoms with E-state index in [-0.39, 0.29) is 66.6 Å². The Bertz CT molecular complexity index is 1980. The zero-order valence-electron chi connectivity index (χ0n) is 42.7. The van der Waals surface area contributed by atoms with E-state index in [1.54, 1.807) is 23.8 Å². The van der Waals surface area contributed by atoms with E-state index >= 15 is 0 Å². The number of hydrogen-bond acceptors (Lipinski definition) is 12. The third kappa shape index (κ3) is 14.5. The number of rotatable bonds is 26. The van der Waals surface area contributed by atoms with E-state index in [0.717, 1.165) is 5.69 Å². The number of carbonyl (C=O) groups is 6. The fraction of sp³-hybridized carbons (Fsp3) is 0.760. The van der Waals surface area contributed by atoms with Crippen LogP contribution in [0.2, 0.25) is 0 Å². The molecule has 0 unspecified atom stereocenters. The van der Waals surface area contributed by atoms with E-state index in [0.29, 0.717) is 70.1 Å². The summed E-state index contributed by atoms with van der Waals surface area (Å²) in [5, 5.41) is 11.6. The van der Waals surface area contributed by atoms with Crippen molar-refractivity contribution in [1.29, 1.82) is 0 Å². The Morgan fingerprint density at radius 2 is 1.44 bits per heavy atom. The minimum absolute atomic E-state index is 0.00693. The van der Waals surface area contributed by atoms with Crippen molar-refractivity contribution in [2.24, 2.45) is 35.5 Å². The lowest BCUT2D eigenvalue weighted by Gasteiger charge is -2.41. The number of methoxy groups -OCH3 is 2. The van der Waals surface area contributed by atoms with Crippen molar-refractivity contribution in [2.75, 3.05) is 59.9 Å². The van der Waals surface area contributed by atoms with Crippen LogP contribution in [-0.4, -0.2) is 160 Å². The number of benzene rings is 1. The molecule has 17 nitrogen and oxygen atoms in total. The number of amides is 4. The molecule has 1 aromatic rings. The first-order chi connectivity index (χ1) is 32.0. The van der Waals surface area contributed by atoms with Crippen LogP contribution < -0.4 is 14.9 Å². The van der Waals surface area contributed by atoms with Crippen LogP contribution in [0, 0.1) is 35.5 Å². The first kappa shape index (κ1) is 56.5. The van der Waals surface area contributed by atoms with Gasteiger partial charge in [-0.2, -0.15) is 0 Å². The molecule has 0 spiro atoms. The van der Waals surface area contributed by atoms with Gasteiger partial charge in [0.1, 0.15) is 6.04 Å². The molecule has 4 amide bonds. The molecule has 3 aliphatic rings. The summed E-state index contributed by atoms with van der Waals surface area (Å²) in [4.78, 5) is 89.4. The van der Waals surface area contributed by atoms with Gasteiger partial charge in [-0.05, 0) is 88.1 Å². The number of sulfonamides is 1. The van der Waals surface area contributed by atoms with Crippen LogP contribution in [-0.2, 0) is 54.7 Å². The number of anilines is 1. The molecule has 68 heavy (non-hydrogen) atoms. The molecule has 2 saturated heterocycles. The Morgan fingerprint density at radius 3 is 1.94 bits per heavy atom. The van der Waals surface area contributed by atoms with Gasteiger partial charge >= 0.3 is 5.97 Å². The molecule has 1 aromatic carbocycles. The number of ketones is 1. The molecule has 0 radical (unpaired) electrons. The molecule has 3 N–H and O–H groups in total. The number of carboxylic acids is 1. The highest BCUT2D eigenvalue weighted by Crippen LogP contribution is 2.32. The smallest absolute Gasteiger partial charge is 0.306 e. The van der Waals surface area contributed by atoms with Gasteiger partial charge in [-0.15, -0.1) is 0 Å². The van der Waals surface area contributed by atoms with Crippen LogP contribution in [0.5, 0.6) is 0 Å². The number of Topliss-reactive ketones (excluding diaryl/α,β-unsaturated/α-hetero) is 1. The van der Waals surface area contributed by atoms with Crippen molar-refractivity contribution < 1.29 is 51.8 Å². The first-order valence-corrected chi connectivity index (χ1v) is 26.3. The number of likely N-dealkylation sites (tertiary alicyclic amines) is 1. The first-order valence-electron chi connectivity index (χ1n) is 24.7. The summed E-state index contributed by atoms with van der Waals surface area (Å²) < 4.78 is 40.1. The van der Waals surface area contributed by atoms with Crippen LogP contribution in [0.4, 0.5) is 5.69 Å². The second-order valence-corrected chi connectivity index (χ2v) is 22.5. The van der Waals surface area contributed by atoms with E-state index < -0.39 is 75.2 Å². The zero-order chi connectivity index (χ0) is 50.8. The normalized spacial score (nSPS) is 20.6. The van der Waals surface area contributed by atoms with Gasteiger partial charge in [0, 0.05) is 65.3 Å². The number of hydrogen-bond donors (Lipinski definition) is 3. The lowest BCUT2D eigenvalue weighted by atomic mass is 9.83. The van der Waals surface area contributed by atoms with E-state index in [4.69, 9.17) is 9.47 Å². The maximum atomic E-state index is 14.5. The summed E-state index contributed by atoms with van der Waals surface area (Å²) in [5.41, 5.74) is 1.57. The number of nitrogens with one attached hydrogen (secondary N) is 2. The van der Waals surface area contributed by atoms with E-state index in [1.165, 1.54) is 14.2 Å². The van der Waals surface area contributed by atoms with Crippen LogP contribution in [0.25, 0.3) is 0 Å². The van der Waals surface area contributed by atoms with Crippen LogP contribution in [0.1, 0.15) is 112 Å². The van der Waals surface area contributed by atoms with Crippen LogP contribution in [0.3, 0.4) is 0 Å². The van der Waals surface area contributed by atoms with Crippen molar-refractivity contribution in [2.45, 2.75) is 154 Å². The van der Waals surface area contributed by atoms with Crippen molar-refractivity contribution >= 4 is 51.1 Å². The average Bonchev–Trinajstić information content (AvgIpc) is 4.05. The lowest BCUT2D eigenvalue weighted by Crippen LogP contribution is -2.55. The summed E-state index contributed by atoms with van der Waals surface area (Å²) in [7, 11) is 4.56.